The molecular weight excluding hydrogens is 240 g/mol. The fraction of sp³-hybridized carbons (Fsp3) is 0.417. The van der Waals surface area contributed by atoms with Gasteiger partial charge in [0.1, 0.15) is 5.75 Å². The van der Waals surface area contributed by atoms with Crippen molar-refractivity contribution in [2.75, 3.05) is 13.1 Å². The largest absolute Gasteiger partial charge is 0.508 e. The number of fused-ring (bicyclic) bond motifs is 1. The molecule has 0 radical (unpaired) electrons. The molecule has 1 saturated heterocycles. The number of nitrogens with one attached hydrogen (secondary N) is 2. The Hall–Kier alpha value is -1.26. The number of carbonyl (C=O) groups is 1. The van der Waals surface area contributed by atoms with Crippen molar-refractivity contribution < 1.29 is 9.90 Å². The first-order chi connectivity index (χ1) is 8.16. The number of hydrogen-bond acceptors (Lipinski definition) is 3. The van der Waals surface area contributed by atoms with Gasteiger partial charge in [-0.25, -0.2) is 0 Å². The second-order valence-electron chi connectivity index (χ2n) is 4.65. The van der Waals surface area contributed by atoms with E-state index in [1.807, 2.05) is 0 Å². The monoisotopic (exact) mass is 252 g/mol. The summed E-state index contributed by atoms with van der Waals surface area (Å²) in [6, 6.07) is 4.66. The predicted octanol–water partition coefficient (Wildman–Crippen LogP) is 0.993. The van der Waals surface area contributed by atoms with Crippen LogP contribution < -0.4 is 10.6 Å². The molecule has 1 aromatic carbocycles. The molecule has 1 aliphatic carbocycles. The summed E-state index contributed by atoms with van der Waals surface area (Å²) in [6.07, 6.45) is 0. The Morgan fingerprint density at radius 3 is 2.82 bits per heavy atom. The molecule has 1 aromatic rings. The number of rotatable bonds is 2. The molecule has 90 valence electrons. The molecule has 17 heavy (non-hydrogen) atoms. The van der Waals surface area contributed by atoms with Gasteiger partial charge in [-0.15, -0.1) is 0 Å². The van der Waals surface area contributed by atoms with Crippen LogP contribution in [0.3, 0.4) is 0 Å². The van der Waals surface area contributed by atoms with Crippen LogP contribution in [0.5, 0.6) is 5.75 Å². The van der Waals surface area contributed by atoms with E-state index in [4.69, 9.17) is 11.6 Å². The van der Waals surface area contributed by atoms with Gasteiger partial charge in [-0.1, -0.05) is 11.6 Å². The van der Waals surface area contributed by atoms with Crippen LogP contribution in [0.2, 0.25) is 5.02 Å². The van der Waals surface area contributed by atoms with Crippen molar-refractivity contribution in [1.29, 1.82) is 0 Å². The highest BCUT2D eigenvalue weighted by Crippen LogP contribution is 2.41. The summed E-state index contributed by atoms with van der Waals surface area (Å²) in [6.45, 7) is 1.95. The highest BCUT2D eigenvalue weighted by molar-refractivity contribution is 6.33. The van der Waals surface area contributed by atoms with Crippen LogP contribution in [0.1, 0.15) is 10.4 Å². The zero-order valence-corrected chi connectivity index (χ0v) is 9.87. The van der Waals surface area contributed by atoms with Gasteiger partial charge in [0.05, 0.1) is 10.6 Å². The summed E-state index contributed by atoms with van der Waals surface area (Å²) >= 11 is 5.93. The van der Waals surface area contributed by atoms with Crippen molar-refractivity contribution in [3.63, 3.8) is 0 Å². The average molecular weight is 253 g/mol. The quantitative estimate of drug-likeness (QED) is 0.736. The lowest BCUT2D eigenvalue weighted by molar-refractivity contribution is 0.0946. The minimum atomic E-state index is -0.203. The third-order valence-electron chi connectivity index (χ3n) is 3.58. The lowest BCUT2D eigenvalue weighted by atomic mass is 10.2. The van der Waals surface area contributed by atoms with Crippen LogP contribution in [0.25, 0.3) is 0 Å². The molecule has 4 nitrogen and oxygen atoms in total. The van der Waals surface area contributed by atoms with Crippen molar-refractivity contribution in [2.45, 2.75) is 6.04 Å². The zero-order valence-electron chi connectivity index (χ0n) is 9.11. The molecule has 1 aliphatic heterocycles. The Kier molecular flexibility index (Phi) is 2.49. The number of carbonyl (C=O) groups excluding carboxylic acids is 1. The van der Waals surface area contributed by atoms with E-state index in [1.165, 1.54) is 18.2 Å². The second kappa shape index (κ2) is 3.89. The molecule has 2 unspecified atom stereocenters. The first-order valence-corrected chi connectivity index (χ1v) is 6.04. The standard InChI is InChI=1S/C12H13ClN2O2/c13-10-2-1-6(16)3-7(10)12(17)15-11-8-4-14-5-9(8)11/h1-3,8-9,11,14,16H,4-5H2,(H,15,17). The van der Waals surface area contributed by atoms with Crippen LogP contribution >= 0.6 is 11.6 Å². The Labute approximate surface area is 104 Å². The predicted molar refractivity (Wildman–Crippen MR) is 64.2 cm³/mol. The Morgan fingerprint density at radius 2 is 2.12 bits per heavy atom. The highest BCUT2D eigenvalue weighted by Gasteiger charge is 2.53. The third kappa shape index (κ3) is 1.87. The van der Waals surface area contributed by atoms with Gasteiger partial charge in [-0.05, 0) is 30.0 Å². The van der Waals surface area contributed by atoms with Gasteiger partial charge in [-0.2, -0.15) is 0 Å². The lowest BCUT2D eigenvalue weighted by Gasteiger charge is -2.09. The van der Waals surface area contributed by atoms with E-state index in [1.54, 1.807) is 0 Å². The number of piperidine rings is 1. The number of phenols is 1. The normalized spacial score (nSPS) is 29.8. The van der Waals surface area contributed by atoms with Crippen LogP contribution in [0, 0.1) is 11.8 Å². The van der Waals surface area contributed by atoms with E-state index < -0.39 is 0 Å². The third-order valence-corrected chi connectivity index (χ3v) is 3.91. The van der Waals surface area contributed by atoms with Gasteiger partial charge in [-0.3, -0.25) is 4.79 Å². The van der Waals surface area contributed by atoms with Gasteiger partial charge in [0, 0.05) is 19.1 Å². The van der Waals surface area contributed by atoms with Gasteiger partial charge in [0.2, 0.25) is 0 Å². The molecule has 1 amide bonds. The van der Waals surface area contributed by atoms with Crippen LogP contribution in [-0.2, 0) is 0 Å². The van der Waals surface area contributed by atoms with Crippen molar-refractivity contribution in [1.82, 2.24) is 10.6 Å². The van der Waals surface area contributed by atoms with Crippen LogP contribution in [0.15, 0.2) is 18.2 Å². The maximum Gasteiger partial charge on any atom is 0.253 e. The summed E-state index contributed by atoms with van der Waals surface area (Å²) in [5.74, 6) is 0.979. The first-order valence-electron chi connectivity index (χ1n) is 5.67. The molecule has 0 spiro atoms. The number of hydrogen-bond donors (Lipinski definition) is 3. The number of halogens is 1. The van der Waals surface area contributed by atoms with Gasteiger partial charge in [0.25, 0.3) is 5.91 Å². The summed E-state index contributed by atoms with van der Waals surface area (Å²) in [4.78, 5) is 12.0. The minimum absolute atomic E-state index is 0.0530. The molecule has 1 saturated carbocycles. The van der Waals surface area contributed by atoms with Crippen molar-refractivity contribution >= 4 is 17.5 Å². The molecule has 5 heteroatoms. The molecule has 2 aliphatic rings. The fourth-order valence-electron chi connectivity index (χ4n) is 2.55. The SMILES string of the molecule is O=C(NC1C2CNCC21)c1cc(O)ccc1Cl. The van der Waals surface area contributed by atoms with E-state index in [2.05, 4.69) is 10.6 Å². The highest BCUT2D eigenvalue weighted by atomic mass is 35.5. The molecule has 2 fully saturated rings. The molecule has 0 aromatic heterocycles. The number of aromatic hydroxyl groups is 1. The second-order valence-corrected chi connectivity index (χ2v) is 5.06. The maximum atomic E-state index is 12.0. The van der Waals surface area contributed by atoms with E-state index >= 15 is 0 Å². The minimum Gasteiger partial charge on any atom is -0.508 e. The van der Waals surface area contributed by atoms with Gasteiger partial charge >= 0.3 is 0 Å². The molecular formula is C12H13ClN2O2. The first kappa shape index (κ1) is 10.9. The summed E-state index contributed by atoms with van der Waals surface area (Å²) in [5.41, 5.74) is 0.338. The van der Waals surface area contributed by atoms with Crippen molar-refractivity contribution in [3.05, 3.63) is 28.8 Å². The van der Waals surface area contributed by atoms with E-state index in [9.17, 15) is 9.90 Å². The molecule has 3 N–H and O–H groups in total. The number of amides is 1. The summed E-state index contributed by atoms with van der Waals surface area (Å²) in [5, 5.41) is 15.9. The van der Waals surface area contributed by atoms with Crippen LogP contribution in [0.4, 0.5) is 0 Å². The fourth-order valence-corrected chi connectivity index (χ4v) is 2.75. The number of benzene rings is 1. The van der Waals surface area contributed by atoms with E-state index in [-0.39, 0.29) is 17.7 Å². The Morgan fingerprint density at radius 1 is 1.41 bits per heavy atom. The Bertz CT molecular complexity index is 468. The summed E-state index contributed by atoms with van der Waals surface area (Å²) < 4.78 is 0. The van der Waals surface area contributed by atoms with Gasteiger partial charge in [0.15, 0.2) is 0 Å². The van der Waals surface area contributed by atoms with E-state index in [0.717, 1.165) is 13.1 Å². The average Bonchev–Trinajstić information content (AvgIpc) is 2.76. The molecule has 2 atom stereocenters. The van der Waals surface area contributed by atoms with Crippen molar-refractivity contribution in [2.24, 2.45) is 11.8 Å². The molecule has 1 heterocycles. The topological polar surface area (TPSA) is 61.4 Å². The molecule has 0 bridgehead atoms. The maximum absolute atomic E-state index is 12.0. The van der Waals surface area contributed by atoms with Crippen LogP contribution in [-0.4, -0.2) is 30.1 Å². The van der Waals surface area contributed by atoms with E-state index in [0.29, 0.717) is 22.4 Å². The number of phenolic OH excluding ortho intramolecular Hbond substituents is 1. The smallest absolute Gasteiger partial charge is 0.253 e. The van der Waals surface area contributed by atoms with Gasteiger partial charge < -0.3 is 15.7 Å². The zero-order chi connectivity index (χ0) is 12.0. The molecule has 3 rings (SSSR count). The lowest BCUT2D eigenvalue weighted by Crippen LogP contribution is -2.32. The summed E-state index contributed by atoms with van der Waals surface area (Å²) in [7, 11) is 0. The van der Waals surface area contributed by atoms with Crippen molar-refractivity contribution in [3.8, 4) is 5.75 Å². The Balaban J connectivity index is 1.72.